The fourth-order valence-electron chi connectivity index (χ4n) is 5.71. The van der Waals surface area contributed by atoms with E-state index in [1.807, 2.05) is 24.3 Å². The lowest BCUT2D eigenvalue weighted by Crippen LogP contribution is -2.20. The van der Waals surface area contributed by atoms with Crippen molar-refractivity contribution in [2.45, 2.75) is 38.8 Å². The molecule has 36 heavy (non-hydrogen) atoms. The van der Waals surface area contributed by atoms with Crippen molar-refractivity contribution in [1.82, 2.24) is 14.8 Å². The molecule has 2 fully saturated rings. The number of ether oxygens (including phenoxy) is 1. The van der Waals surface area contributed by atoms with E-state index in [4.69, 9.17) is 9.72 Å². The molecule has 186 valence electrons. The summed E-state index contributed by atoms with van der Waals surface area (Å²) in [6, 6.07) is 18.5. The minimum atomic E-state index is 0.450. The lowest BCUT2D eigenvalue weighted by Gasteiger charge is -2.22. The molecular formula is C30H34N4O2. The number of fused-ring (bicyclic) bond motifs is 2. The number of phenolic OH excluding ortho intramolecular Hbond substituents is 1. The van der Waals surface area contributed by atoms with Crippen LogP contribution in [0.5, 0.6) is 11.5 Å². The number of nitrogens with one attached hydrogen (secondary N) is 1. The maximum Gasteiger partial charge on any atom is 0.124 e. The van der Waals surface area contributed by atoms with Crippen molar-refractivity contribution in [1.29, 1.82) is 0 Å². The number of methoxy groups -OCH3 is 1. The van der Waals surface area contributed by atoms with E-state index in [-0.39, 0.29) is 0 Å². The number of para-hydroxylation sites is 1. The highest BCUT2D eigenvalue weighted by molar-refractivity contribution is 6.09. The van der Waals surface area contributed by atoms with Crippen LogP contribution in [0.3, 0.4) is 0 Å². The van der Waals surface area contributed by atoms with Crippen LogP contribution in [-0.4, -0.2) is 53.2 Å². The van der Waals surface area contributed by atoms with Crippen LogP contribution in [0.2, 0.25) is 0 Å². The Hall–Kier alpha value is -3.35. The standard InChI is InChI=1S/C30H34N4O2/c1-36-24-10-11-28-26(18-24)29(25-8-2-3-9-27(25)32-28)31-23-16-21(19-33-12-4-5-13-33)30(35)22(17-23)20-34-14-6-7-15-34/h2-3,8-11,16-18,35H,4-7,12-15,19-20H2,1H3,(H,31,32). The topological polar surface area (TPSA) is 60.9 Å². The molecule has 4 aromatic rings. The molecule has 0 amide bonds. The number of hydrogen-bond acceptors (Lipinski definition) is 6. The molecule has 2 aliphatic rings. The summed E-state index contributed by atoms with van der Waals surface area (Å²) in [5, 5.41) is 17.1. The zero-order chi connectivity index (χ0) is 24.5. The smallest absolute Gasteiger partial charge is 0.124 e. The third kappa shape index (κ3) is 4.59. The number of phenols is 1. The van der Waals surface area contributed by atoms with Gasteiger partial charge in [0.25, 0.3) is 0 Å². The first kappa shape index (κ1) is 23.1. The number of likely N-dealkylation sites (tertiary alicyclic amines) is 2. The molecule has 0 radical (unpaired) electrons. The average Bonchev–Trinajstić information content (AvgIpc) is 3.61. The van der Waals surface area contributed by atoms with Crippen molar-refractivity contribution in [3.8, 4) is 11.5 Å². The molecule has 6 rings (SSSR count). The van der Waals surface area contributed by atoms with Crippen molar-refractivity contribution in [2.75, 3.05) is 38.6 Å². The molecule has 1 aromatic heterocycles. The lowest BCUT2D eigenvalue weighted by atomic mass is 10.0. The molecule has 2 saturated heterocycles. The molecule has 0 unspecified atom stereocenters. The summed E-state index contributed by atoms with van der Waals surface area (Å²) in [6.07, 6.45) is 4.93. The van der Waals surface area contributed by atoms with E-state index < -0.39 is 0 Å². The van der Waals surface area contributed by atoms with Gasteiger partial charge in [-0.25, -0.2) is 4.98 Å². The summed E-state index contributed by atoms with van der Waals surface area (Å²) in [5.74, 6) is 1.25. The summed E-state index contributed by atoms with van der Waals surface area (Å²) in [7, 11) is 1.69. The van der Waals surface area contributed by atoms with Crippen LogP contribution >= 0.6 is 0 Å². The molecule has 0 spiro atoms. The number of benzene rings is 3. The fraction of sp³-hybridized carbons (Fsp3) is 0.367. The Balaban J connectivity index is 1.46. The van der Waals surface area contributed by atoms with Gasteiger partial charge in [0.2, 0.25) is 0 Å². The minimum absolute atomic E-state index is 0.450. The quantitative estimate of drug-likeness (QED) is 0.247. The summed E-state index contributed by atoms with van der Waals surface area (Å²) >= 11 is 0. The van der Waals surface area contributed by atoms with Gasteiger partial charge in [-0.05, 0) is 88.3 Å². The van der Waals surface area contributed by atoms with E-state index in [0.717, 1.165) is 89.3 Å². The van der Waals surface area contributed by atoms with Gasteiger partial charge in [-0.3, -0.25) is 9.80 Å². The van der Waals surface area contributed by atoms with Gasteiger partial charge in [0.05, 0.1) is 23.8 Å². The molecule has 0 bridgehead atoms. The van der Waals surface area contributed by atoms with Gasteiger partial charge >= 0.3 is 0 Å². The number of anilines is 2. The maximum atomic E-state index is 11.3. The SMILES string of the molecule is COc1ccc2nc3ccccc3c(Nc3cc(CN4CCCC4)c(O)c(CN4CCCC4)c3)c2c1. The normalized spacial score (nSPS) is 16.8. The number of hydrogen-bond donors (Lipinski definition) is 2. The van der Waals surface area contributed by atoms with Crippen molar-refractivity contribution >= 4 is 33.2 Å². The third-order valence-corrected chi connectivity index (χ3v) is 7.61. The number of pyridine rings is 1. The van der Waals surface area contributed by atoms with Crippen molar-refractivity contribution in [3.05, 3.63) is 65.7 Å². The van der Waals surface area contributed by atoms with E-state index >= 15 is 0 Å². The van der Waals surface area contributed by atoms with E-state index in [1.54, 1.807) is 7.11 Å². The van der Waals surface area contributed by atoms with Crippen LogP contribution in [0.1, 0.15) is 36.8 Å². The summed E-state index contributed by atoms with van der Waals surface area (Å²) in [5.41, 5.74) is 5.88. The highest BCUT2D eigenvalue weighted by Crippen LogP contribution is 2.37. The summed E-state index contributed by atoms with van der Waals surface area (Å²) in [4.78, 5) is 9.78. The Bertz CT molecular complexity index is 1350. The average molecular weight is 483 g/mol. The predicted molar refractivity (Wildman–Crippen MR) is 146 cm³/mol. The molecule has 6 nitrogen and oxygen atoms in total. The molecule has 6 heteroatoms. The molecule has 2 aliphatic heterocycles. The van der Waals surface area contributed by atoms with Gasteiger partial charge in [-0.2, -0.15) is 0 Å². The monoisotopic (exact) mass is 482 g/mol. The van der Waals surface area contributed by atoms with Crippen LogP contribution < -0.4 is 10.1 Å². The Labute approximate surface area is 212 Å². The number of aromatic nitrogens is 1. The Morgan fingerprint density at radius 1 is 0.806 bits per heavy atom. The van der Waals surface area contributed by atoms with Gasteiger partial charge in [-0.15, -0.1) is 0 Å². The van der Waals surface area contributed by atoms with Gasteiger partial charge in [0.1, 0.15) is 11.5 Å². The van der Waals surface area contributed by atoms with E-state index in [0.29, 0.717) is 5.75 Å². The zero-order valence-corrected chi connectivity index (χ0v) is 21.0. The second-order valence-corrected chi connectivity index (χ2v) is 10.1. The van der Waals surface area contributed by atoms with Crippen molar-refractivity contribution in [3.63, 3.8) is 0 Å². The van der Waals surface area contributed by atoms with Crippen molar-refractivity contribution < 1.29 is 9.84 Å². The highest BCUT2D eigenvalue weighted by Gasteiger charge is 2.20. The Morgan fingerprint density at radius 3 is 2.06 bits per heavy atom. The van der Waals surface area contributed by atoms with E-state index in [2.05, 4.69) is 45.4 Å². The van der Waals surface area contributed by atoms with Gasteiger partial charge in [0, 0.05) is 40.7 Å². The highest BCUT2D eigenvalue weighted by atomic mass is 16.5. The number of rotatable bonds is 7. The van der Waals surface area contributed by atoms with Crippen molar-refractivity contribution in [2.24, 2.45) is 0 Å². The second kappa shape index (κ2) is 9.96. The Morgan fingerprint density at radius 2 is 1.42 bits per heavy atom. The summed E-state index contributed by atoms with van der Waals surface area (Å²) in [6.45, 7) is 5.94. The van der Waals surface area contributed by atoms with Gasteiger partial charge < -0.3 is 15.2 Å². The van der Waals surface area contributed by atoms with Crippen LogP contribution in [0.25, 0.3) is 21.8 Å². The lowest BCUT2D eigenvalue weighted by molar-refractivity contribution is 0.312. The Kier molecular flexibility index (Phi) is 6.38. The van der Waals surface area contributed by atoms with E-state index in [1.165, 1.54) is 25.7 Å². The predicted octanol–water partition coefficient (Wildman–Crippen LogP) is 6.04. The molecule has 2 N–H and O–H groups in total. The summed E-state index contributed by atoms with van der Waals surface area (Å²) < 4.78 is 5.54. The molecule has 0 aliphatic carbocycles. The molecule has 0 atom stereocenters. The van der Waals surface area contributed by atoms with Crippen LogP contribution in [0.15, 0.2) is 54.6 Å². The first-order valence-corrected chi connectivity index (χ1v) is 13.1. The third-order valence-electron chi connectivity index (χ3n) is 7.61. The second-order valence-electron chi connectivity index (χ2n) is 10.1. The van der Waals surface area contributed by atoms with Crippen LogP contribution in [0, 0.1) is 0 Å². The van der Waals surface area contributed by atoms with E-state index in [9.17, 15) is 5.11 Å². The zero-order valence-electron chi connectivity index (χ0n) is 21.0. The van der Waals surface area contributed by atoms with Crippen LogP contribution in [-0.2, 0) is 13.1 Å². The van der Waals surface area contributed by atoms with Crippen LogP contribution in [0.4, 0.5) is 11.4 Å². The maximum absolute atomic E-state index is 11.3. The number of aromatic hydroxyl groups is 1. The minimum Gasteiger partial charge on any atom is -0.507 e. The molecule has 3 heterocycles. The number of nitrogens with zero attached hydrogens (tertiary/aromatic N) is 3. The molecule has 3 aromatic carbocycles. The first-order valence-electron chi connectivity index (χ1n) is 13.1. The van der Waals surface area contributed by atoms with Gasteiger partial charge in [-0.1, -0.05) is 18.2 Å². The molecule has 0 saturated carbocycles. The first-order chi connectivity index (χ1) is 17.7. The fourth-order valence-corrected chi connectivity index (χ4v) is 5.71. The molecular weight excluding hydrogens is 448 g/mol. The van der Waals surface area contributed by atoms with Gasteiger partial charge in [0.15, 0.2) is 0 Å². The largest absolute Gasteiger partial charge is 0.507 e.